The Morgan fingerprint density at radius 3 is 2.93 bits per heavy atom. The van der Waals surface area contributed by atoms with Crippen LogP contribution in [0.1, 0.15) is 5.56 Å². The molecular formula is C10H12FNO2S. The molecule has 0 radical (unpaired) electrons. The third kappa shape index (κ3) is 3.79. The van der Waals surface area contributed by atoms with E-state index in [2.05, 4.69) is 4.74 Å². The van der Waals surface area contributed by atoms with Gasteiger partial charge in [0.25, 0.3) is 0 Å². The van der Waals surface area contributed by atoms with E-state index >= 15 is 0 Å². The molecule has 0 saturated carbocycles. The number of thioether (sulfide) groups is 1. The van der Waals surface area contributed by atoms with Gasteiger partial charge in [-0.1, -0.05) is 6.07 Å². The Balaban J connectivity index is 2.44. The van der Waals surface area contributed by atoms with Crippen LogP contribution < -0.4 is 5.73 Å². The second kappa shape index (κ2) is 5.60. The second-order valence-corrected chi connectivity index (χ2v) is 3.91. The number of hydrogen-bond donors (Lipinski definition) is 1. The Bertz CT molecular complexity index is 357. The van der Waals surface area contributed by atoms with Gasteiger partial charge in [-0.2, -0.15) is 0 Å². The maximum absolute atomic E-state index is 13.0. The van der Waals surface area contributed by atoms with Crippen LogP contribution in [-0.4, -0.2) is 18.8 Å². The van der Waals surface area contributed by atoms with Crippen molar-refractivity contribution in [2.24, 2.45) is 0 Å². The number of nitrogens with two attached hydrogens (primary N) is 1. The van der Waals surface area contributed by atoms with Crippen molar-refractivity contribution in [3.63, 3.8) is 0 Å². The van der Waals surface area contributed by atoms with Crippen LogP contribution in [0.3, 0.4) is 0 Å². The number of carbonyl (C=O) groups is 1. The molecule has 82 valence electrons. The quantitative estimate of drug-likeness (QED) is 0.632. The molecule has 3 nitrogen and oxygen atoms in total. The fraction of sp³-hybridized carbons (Fsp3) is 0.300. The van der Waals surface area contributed by atoms with Crippen molar-refractivity contribution in [3.8, 4) is 0 Å². The molecule has 0 spiro atoms. The number of benzene rings is 1. The van der Waals surface area contributed by atoms with E-state index in [9.17, 15) is 9.18 Å². The summed E-state index contributed by atoms with van der Waals surface area (Å²) in [6, 6.07) is 4.63. The highest BCUT2D eigenvalue weighted by Crippen LogP contribution is 2.17. The van der Waals surface area contributed by atoms with Crippen LogP contribution in [0.15, 0.2) is 18.2 Å². The maximum Gasteiger partial charge on any atom is 0.315 e. The van der Waals surface area contributed by atoms with Crippen LogP contribution in [0.4, 0.5) is 10.1 Å². The average molecular weight is 229 g/mol. The first kappa shape index (κ1) is 11.8. The highest BCUT2D eigenvalue weighted by Gasteiger charge is 2.03. The third-order valence-corrected chi connectivity index (χ3v) is 2.76. The standard InChI is InChI=1S/C10H12FNO2S/c1-14-10(13)6-15-5-7-2-3-9(12)8(11)4-7/h2-4H,5-6,12H2,1H3. The molecular weight excluding hydrogens is 217 g/mol. The van der Waals surface area contributed by atoms with Gasteiger partial charge in [-0.3, -0.25) is 4.79 Å². The summed E-state index contributed by atoms with van der Waals surface area (Å²) in [5.41, 5.74) is 6.27. The number of hydrogen-bond acceptors (Lipinski definition) is 4. The first-order valence-corrected chi connectivity index (χ1v) is 5.47. The van der Waals surface area contributed by atoms with Crippen LogP contribution in [0.25, 0.3) is 0 Å². The van der Waals surface area contributed by atoms with Gasteiger partial charge < -0.3 is 10.5 Å². The Hall–Kier alpha value is -1.23. The van der Waals surface area contributed by atoms with Gasteiger partial charge in [-0.25, -0.2) is 4.39 Å². The summed E-state index contributed by atoms with van der Waals surface area (Å²) in [6.07, 6.45) is 0. The van der Waals surface area contributed by atoms with Gasteiger partial charge in [0.15, 0.2) is 0 Å². The lowest BCUT2D eigenvalue weighted by Crippen LogP contribution is -2.03. The number of rotatable bonds is 4. The molecule has 1 aromatic rings. The minimum Gasteiger partial charge on any atom is -0.468 e. The van der Waals surface area contributed by atoms with Crippen molar-refractivity contribution in [2.75, 3.05) is 18.6 Å². The zero-order chi connectivity index (χ0) is 11.3. The maximum atomic E-state index is 13.0. The summed E-state index contributed by atoms with van der Waals surface area (Å²) < 4.78 is 17.5. The van der Waals surface area contributed by atoms with Crippen molar-refractivity contribution in [3.05, 3.63) is 29.6 Å². The third-order valence-electron chi connectivity index (χ3n) is 1.78. The minimum absolute atomic E-state index is 0.136. The van der Waals surface area contributed by atoms with Crippen LogP contribution in [-0.2, 0) is 15.3 Å². The molecule has 0 atom stereocenters. The smallest absolute Gasteiger partial charge is 0.315 e. The van der Waals surface area contributed by atoms with E-state index in [4.69, 9.17) is 5.73 Å². The van der Waals surface area contributed by atoms with E-state index in [-0.39, 0.29) is 17.4 Å². The molecule has 1 rings (SSSR count). The Kier molecular flexibility index (Phi) is 4.42. The van der Waals surface area contributed by atoms with Crippen LogP contribution in [0.2, 0.25) is 0 Å². The van der Waals surface area contributed by atoms with E-state index in [1.165, 1.54) is 31.0 Å². The van der Waals surface area contributed by atoms with Crippen molar-refractivity contribution in [1.82, 2.24) is 0 Å². The minimum atomic E-state index is -0.425. The predicted octanol–water partition coefficient (Wildman–Crippen LogP) is 1.81. The van der Waals surface area contributed by atoms with Crippen LogP contribution in [0, 0.1) is 5.82 Å². The first-order valence-electron chi connectivity index (χ1n) is 4.32. The zero-order valence-corrected chi connectivity index (χ0v) is 9.14. The first-order chi connectivity index (χ1) is 7.13. The highest BCUT2D eigenvalue weighted by molar-refractivity contribution is 7.99. The number of esters is 1. The van der Waals surface area contributed by atoms with E-state index in [0.717, 1.165) is 5.56 Å². The molecule has 0 aromatic heterocycles. The Morgan fingerprint density at radius 2 is 2.33 bits per heavy atom. The molecule has 0 amide bonds. The number of nitrogen functional groups attached to an aromatic ring is 1. The lowest BCUT2D eigenvalue weighted by molar-refractivity contribution is -0.137. The fourth-order valence-electron chi connectivity index (χ4n) is 0.972. The van der Waals surface area contributed by atoms with E-state index in [0.29, 0.717) is 5.75 Å². The topological polar surface area (TPSA) is 52.3 Å². The van der Waals surface area contributed by atoms with Crippen molar-refractivity contribution < 1.29 is 13.9 Å². The Morgan fingerprint density at radius 1 is 1.60 bits per heavy atom. The number of methoxy groups -OCH3 is 1. The number of ether oxygens (including phenoxy) is 1. The largest absolute Gasteiger partial charge is 0.468 e. The summed E-state index contributed by atoms with van der Waals surface area (Å²) >= 11 is 1.37. The van der Waals surface area contributed by atoms with Crippen molar-refractivity contribution >= 4 is 23.4 Å². The lowest BCUT2D eigenvalue weighted by Gasteiger charge is -2.02. The Labute approximate surface area is 91.8 Å². The van der Waals surface area contributed by atoms with Crippen LogP contribution >= 0.6 is 11.8 Å². The molecule has 0 aliphatic rings. The molecule has 5 heteroatoms. The second-order valence-electron chi connectivity index (χ2n) is 2.92. The van der Waals surface area contributed by atoms with Gasteiger partial charge in [-0.05, 0) is 17.7 Å². The molecule has 1 aromatic carbocycles. The highest BCUT2D eigenvalue weighted by atomic mass is 32.2. The molecule has 2 N–H and O–H groups in total. The van der Waals surface area contributed by atoms with Gasteiger partial charge in [0.2, 0.25) is 0 Å². The summed E-state index contributed by atoms with van der Waals surface area (Å²) in [4.78, 5) is 10.8. The van der Waals surface area contributed by atoms with E-state index in [1.54, 1.807) is 6.07 Å². The van der Waals surface area contributed by atoms with Crippen molar-refractivity contribution in [2.45, 2.75) is 5.75 Å². The number of anilines is 1. The number of halogens is 1. The number of carbonyl (C=O) groups excluding carboxylic acids is 1. The van der Waals surface area contributed by atoms with Gasteiger partial charge >= 0.3 is 5.97 Å². The molecule has 0 saturated heterocycles. The summed E-state index contributed by atoms with van der Waals surface area (Å²) in [7, 11) is 1.34. The SMILES string of the molecule is COC(=O)CSCc1ccc(N)c(F)c1. The van der Waals surface area contributed by atoms with Crippen molar-refractivity contribution in [1.29, 1.82) is 0 Å². The van der Waals surface area contributed by atoms with E-state index < -0.39 is 5.82 Å². The monoisotopic (exact) mass is 229 g/mol. The molecule has 0 aliphatic heterocycles. The van der Waals surface area contributed by atoms with Gasteiger partial charge in [0, 0.05) is 5.75 Å². The average Bonchev–Trinajstić information content (AvgIpc) is 2.23. The molecule has 0 unspecified atom stereocenters. The molecule has 0 aliphatic carbocycles. The molecule has 0 fully saturated rings. The zero-order valence-electron chi connectivity index (χ0n) is 8.33. The molecule has 0 heterocycles. The van der Waals surface area contributed by atoms with Gasteiger partial charge in [0.05, 0.1) is 18.6 Å². The van der Waals surface area contributed by atoms with Gasteiger partial charge in [0.1, 0.15) is 5.82 Å². The lowest BCUT2D eigenvalue weighted by atomic mass is 10.2. The van der Waals surface area contributed by atoms with E-state index in [1.807, 2.05) is 0 Å². The normalized spacial score (nSPS) is 10.0. The molecule has 0 bridgehead atoms. The predicted molar refractivity (Wildman–Crippen MR) is 59.0 cm³/mol. The van der Waals surface area contributed by atoms with Crippen LogP contribution in [0.5, 0.6) is 0 Å². The summed E-state index contributed by atoms with van der Waals surface area (Å²) in [6.45, 7) is 0. The fourth-order valence-corrected chi connectivity index (χ4v) is 1.77. The van der Waals surface area contributed by atoms with Gasteiger partial charge in [-0.15, -0.1) is 11.8 Å². The molecule has 15 heavy (non-hydrogen) atoms. The summed E-state index contributed by atoms with van der Waals surface area (Å²) in [5, 5.41) is 0. The summed E-state index contributed by atoms with van der Waals surface area (Å²) in [5.74, 6) is 0.122.